The number of hydrogen-bond donors (Lipinski definition) is 1. The number of benzene rings is 1. The molecule has 2 aromatic rings. The van der Waals surface area contributed by atoms with Gasteiger partial charge < -0.3 is 10.2 Å². The lowest BCUT2D eigenvalue weighted by Gasteiger charge is -2.36. The maximum Gasteiger partial charge on any atom is 0.133 e. The van der Waals surface area contributed by atoms with Crippen LogP contribution in [0.4, 0.5) is 11.5 Å². The zero-order chi connectivity index (χ0) is 14.7. The molecule has 0 bridgehead atoms. The van der Waals surface area contributed by atoms with Gasteiger partial charge in [-0.25, -0.2) is 4.98 Å². The fourth-order valence-corrected chi connectivity index (χ4v) is 3.01. The summed E-state index contributed by atoms with van der Waals surface area (Å²) in [6.45, 7) is 6.30. The second kappa shape index (κ2) is 6.27. The topological polar surface area (TPSA) is 28.2 Å². The molecule has 1 aliphatic heterocycles. The first-order chi connectivity index (χ1) is 10.3. The molecule has 3 heteroatoms. The van der Waals surface area contributed by atoms with Gasteiger partial charge in [0.05, 0.1) is 0 Å². The molecule has 0 aliphatic carbocycles. The fourth-order valence-electron chi connectivity index (χ4n) is 3.01. The Hall–Kier alpha value is -1.87. The predicted octanol–water partition coefficient (Wildman–Crippen LogP) is 3.66. The Morgan fingerprint density at radius 3 is 3.00 bits per heavy atom. The van der Waals surface area contributed by atoms with Gasteiger partial charge in [0.1, 0.15) is 5.82 Å². The van der Waals surface area contributed by atoms with Crippen molar-refractivity contribution in [1.82, 2.24) is 10.3 Å². The van der Waals surface area contributed by atoms with Crippen LogP contribution in [0, 0.1) is 0 Å². The smallest absolute Gasteiger partial charge is 0.133 e. The van der Waals surface area contributed by atoms with Crippen LogP contribution in [0.15, 0.2) is 42.6 Å². The first kappa shape index (κ1) is 14.1. The summed E-state index contributed by atoms with van der Waals surface area (Å²) in [4.78, 5) is 7.00. The monoisotopic (exact) mass is 281 g/mol. The summed E-state index contributed by atoms with van der Waals surface area (Å²) in [6, 6.07) is 13.5. The van der Waals surface area contributed by atoms with Crippen LogP contribution in [-0.4, -0.2) is 17.6 Å². The van der Waals surface area contributed by atoms with Crippen LogP contribution in [0.1, 0.15) is 31.4 Å². The molecule has 1 aromatic carbocycles. The van der Waals surface area contributed by atoms with Gasteiger partial charge in [0, 0.05) is 24.5 Å². The van der Waals surface area contributed by atoms with Crippen molar-refractivity contribution < 1.29 is 0 Å². The third-order valence-electron chi connectivity index (χ3n) is 4.16. The highest BCUT2D eigenvalue weighted by molar-refractivity contribution is 5.66. The molecule has 3 nitrogen and oxygen atoms in total. The molecule has 0 fully saturated rings. The molecule has 0 spiro atoms. The van der Waals surface area contributed by atoms with Crippen molar-refractivity contribution in [3.05, 3.63) is 53.7 Å². The number of aryl methyl sites for hydroxylation is 1. The van der Waals surface area contributed by atoms with Gasteiger partial charge in [0.25, 0.3) is 0 Å². The number of aromatic nitrogens is 1. The number of nitrogens with one attached hydrogen (secondary N) is 1. The normalized spacial score (nSPS) is 17.6. The molecule has 21 heavy (non-hydrogen) atoms. The number of anilines is 2. The molecule has 1 unspecified atom stereocenters. The quantitative estimate of drug-likeness (QED) is 0.927. The Bertz CT molecular complexity index is 609. The van der Waals surface area contributed by atoms with E-state index in [1.165, 1.54) is 23.2 Å². The molecule has 0 radical (unpaired) electrons. The summed E-state index contributed by atoms with van der Waals surface area (Å²) in [6.07, 6.45) is 4.26. The van der Waals surface area contributed by atoms with Gasteiger partial charge in [-0.05, 0) is 55.6 Å². The van der Waals surface area contributed by atoms with Crippen molar-refractivity contribution >= 4 is 11.5 Å². The summed E-state index contributed by atoms with van der Waals surface area (Å²) in [5.41, 5.74) is 4.02. The average molecular weight is 281 g/mol. The molecule has 1 N–H and O–H groups in total. The molecular weight excluding hydrogens is 258 g/mol. The number of nitrogens with zero attached hydrogens (tertiary/aromatic N) is 2. The molecule has 2 heterocycles. The third-order valence-corrected chi connectivity index (χ3v) is 4.16. The number of fused-ring (bicyclic) bond motifs is 1. The maximum absolute atomic E-state index is 4.62. The molecule has 1 atom stereocenters. The van der Waals surface area contributed by atoms with E-state index < -0.39 is 0 Å². The maximum atomic E-state index is 4.62. The van der Waals surface area contributed by atoms with Gasteiger partial charge in [-0.3, -0.25) is 0 Å². The van der Waals surface area contributed by atoms with E-state index in [2.05, 4.69) is 65.4 Å². The van der Waals surface area contributed by atoms with E-state index in [1.807, 2.05) is 6.20 Å². The highest BCUT2D eigenvalue weighted by atomic mass is 15.2. The van der Waals surface area contributed by atoms with Gasteiger partial charge in [-0.15, -0.1) is 0 Å². The third kappa shape index (κ3) is 2.93. The minimum Gasteiger partial charge on any atom is -0.323 e. The molecule has 0 saturated carbocycles. The van der Waals surface area contributed by atoms with E-state index in [0.717, 1.165) is 25.3 Å². The van der Waals surface area contributed by atoms with Gasteiger partial charge in [-0.2, -0.15) is 0 Å². The second-order valence-corrected chi connectivity index (χ2v) is 5.69. The molecule has 1 aliphatic rings. The lowest BCUT2D eigenvalue weighted by Crippen LogP contribution is -2.33. The first-order valence-corrected chi connectivity index (χ1v) is 7.82. The summed E-state index contributed by atoms with van der Waals surface area (Å²) >= 11 is 0. The van der Waals surface area contributed by atoms with Crippen LogP contribution in [-0.2, 0) is 13.0 Å². The van der Waals surface area contributed by atoms with E-state index >= 15 is 0 Å². The average Bonchev–Trinajstić information content (AvgIpc) is 2.53. The molecule has 0 saturated heterocycles. The summed E-state index contributed by atoms with van der Waals surface area (Å²) in [5.74, 6) is 1.06. The molecule has 1 aromatic heterocycles. The van der Waals surface area contributed by atoms with Crippen LogP contribution >= 0.6 is 0 Å². The van der Waals surface area contributed by atoms with Crippen molar-refractivity contribution in [2.24, 2.45) is 0 Å². The SMILES string of the molecule is CCNCc1ccnc(N2c3ccccc3CCC2C)c1. The van der Waals surface area contributed by atoms with Crippen LogP contribution in [0.25, 0.3) is 0 Å². The highest BCUT2D eigenvalue weighted by Crippen LogP contribution is 2.35. The summed E-state index contributed by atoms with van der Waals surface area (Å²) in [5, 5.41) is 3.38. The predicted molar refractivity (Wildman–Crippen MR) is 88.0 cm³/mol. The largest absolute Gasteiger partial charge is 0.323 e. The Morgan fingerprint density at radius 2 is 2.14 bits per heavy atom. The van der Waals surface area contributed by atoms with Crippen molar-refractivity contribution in [3.63, 3.8) is 0 Å². The molecule has 0 amide bonds. The minimum absolute atomic E-state index is 0.488. The van der Waals surface area contributed by atoms with Crippen molar-refractivity contribution in [1.29, 1.82) is 0 Å². The van der Waals surface area contributed by atoms with E-state index in [9.17, 15) is 0 Å². The lowest BCUT2D eigenvalue weighted by atomic mass is 9.96. The van der Waals surface area contributed by atoms with E-state index in [4.69, 9.17) is 0 Å². The van der Waals surface area contributed by atoms with Crippen molar-refractivity contribution in [3.8, 4) is 0 Å². The van der Waals surface area contributed by atoms with E-state index in [1.54, 1.807) is 0 Å². The van der Waals surface area contributed by atoms with E-state index in [-0.39, 0.29) is 0 Å². The molecule has 3 rings (SSSR count). The zero-order valence-corrected chi connectivity index (χ0v) is 12.8. The van der Waals surface area contributed by atoms with Gasteiger partial charge in [-0.1, -0.05) is 25.1 Å². The van der Waals surface area contributed by atoms with Crippen LogP contribution in [0.3, 0.4) is 0 Å². The van der Waals surface area contributed by atoms with Crippen LogP contribution in [0.5, 0.6) is 0 Å². The number of hydrogen-bond acceptors (Lipinski definition) is 3. The molecular formula is C18H23N3. The summed E-state index contributed by atoms with van der Waals surface area (Å²) < 4.78 is 0. The summed E-state index contributed by atoms with van der Waals surface area (Å²) in [7, 11) is 0. The van der Waals surface area contributed by atoms with Crippen LogP contribution in [0.2, 0.25) is 0 Å². The van der Waals surface area contributed by atoms with Crippen LogP contribution < -0.4 is 10.2 Å². The Morgan fingerprint density at radius 1 is 1.29 bits per heavy atom. The first-order valence-electron chi connectivity index (χ1n) is 7.82. The van der Waals surface area contributed by atoms with Crippen molar-refractivity contribution in [2.45, 2.75) is 39.3 Å². The Kier molecular flexibility index (Phi) is 4.20. The van der Waals surface area contributed by atoms with Crippen molar-refractivity contribution in [2.75, 3.05) is 11.4 Å². The Balaban J connectivity index is 1.95. The van der Waals surface area contributed by atoms with Gasteiger partial charge in [0.15, 0.2) is 0 Å². The Labute approximate surface area is 127 Å². The highest BCUT2D eigenvalue weighted by Gasteiger charge is 2.24. The minimum atomic E-state index is 0.488. The zero-order valence-electron chi connectivity index (χ0n) is 12.8. The number of para-hydroxylation sites is 1. The second-order valence-electron chi connectivity index (χ2n) is 5.69. The number of rotatable bonds is 4. The lowest BCUT2D eigenvalue weighted by molar-refractivity contribution is 0.612. The standard InChI is InChI=1S/C18H23N3/c1-3-19-13-15-10-11-20-18(12-15)21-14(2)8-9-16-6-4-5-7-17(16)21/h4-7,10-12,14,19H,3,8-9,13H2,1-2H3. The fraction of sp³-hybridized carbons (Fsp3) is 0.389. The molecule has 110 valence electrons. The van der Waals surface area contributed by atoms with E-state index in [0.29, 0.717) is 6.04 Å². The van der Waals surface area contributed by atoms with Gasteiger partial charge in [0.2, 0.25) is 0 Å². The van der Waals surface area contributed by atoms with Gasteiger partial charge >= 0.3 is 0 Å². The number of pyridine rings is 1.